The number of halogens is 1. The Labute approximate surface area is 204 Å². The Morgan fingerprint density at radius 1 is 1.29 bits per heavy atom. The van der Waals surface area contributed by atoms with Crippen molar-refractivity contribution in [3.63, 3.8) is 0 Å². The standard InChI is InChI=1S/C23H38N4O3.HI/c1-5-24-22(25-12-8-13-29-17-20-11-7-14-30-20)26-16-18-9-6-10-19(15-18)21(28)27-23(2,3)4;/h6,9-10,15,20H,5,7-8,11-14,16-17H2,1-4H3,(H,27,28)(H2,24,25,26);1H. The zero-order chi connectivity index (χ0) is 21.8. The first-order valence-electron chi connectivity index (χ1n) is 11.0. The largest absolute Gasteiger partial charge is 0.379 e. The van der Waals surface area contributed by atoms with E-state index >= 15 is 0 Å². The second-order valence-corrected chi connectivity index (χ2v) is 8.59. The molecule has 1 unspecified atom stereocenters. The zero-order valence-corrected chi connectivity index (χ0v) is 21.7. The third-order valence-corrected chi connectivity index (χ3v) is 4.53. The average Bonchev–Trinajstić information content (AvgIpc) is 3.21. The maximum absolute atomic E-state index is 12.4. The van der Waals surface area contributed by atoms with Gasteiger partial charge in [0.05, 0.1) is 19.3 Å². The summed E-state index contributed by atoms with van der Waals surface area (Å²) in [6.45, 7) is 12.3. The average molecular weight is 546 g/mol. The summed E-state index contributed by atoms with van der Waals surface area (Å²) in [7, 11) is 0. The van der Waals surface area contributed by atoms with Gasteiger partial charge >= 0.3 is 0 Å². The first kappa shape index (κ1) is 27.6. The van der Waals surface area contributed by atoms with Gasteiger partial charge in [0.25, 0.3) is 5.91 Å². The summed E-state index contributed by atoms with van der Waals surface area (Å²) >= 11 is 0. The lowest BCUT2D eigenvalue weighted by Gasteiger charge is -2.20. The maximum Gasteiger partial charge on any atom is 0.251 e. The number of benzene rings is 1. The molecule has 1 atom stereocenters. The van der Waals surface area contributed by atoms with E-state index in [4.69, 9.17) is 9.47 Å². The summed E-state index contributed by atoms with van der Waals surface area (Å²) in [5, 5.41) is 9.58. The number of amides is 1. The number of guanidine groups is 1. The van der Waals surface area contributed by atoms with Crippen LogP contribution in [0, 0.1) is 0 Å². The Balaban J connectivity index is 0.00000480. The molecule has 1 saturated heterocycles. The highest BCUT2D eigenvalue weighted by Gasteiger charge is 2.16. The molecule has 0 saturated carbocycles. The van der Waals surface area contributed by atoms with Gasteiger partial charge in [0.15, 0.2) is 5.96 Å². The number of aliphatic imine (C=N–C) groups is 1. The van der Waals surface area contributed by atoms with E-state index in [-0.39, 0.29) is 41.5 Å². The van der Waals surface area contributed by atoms with Crippen LogP contribution >= 0.6 is 24.0 Å². The van der Waals surface area contributed by atoms with Crippen LogP contribution < -0.4 is 16.0 Å². The topological polar surface area (TPSA) is 84.0 Å². The van der Waals surface area contributed by atoms with Gasteiger partial charge in [-0.25, -0.2) is 4.99 Å². The molecule has 1 aliphatic rings. The van der Waals surface area contributed by atoms with E-state index in [0.717, 1.165) is 50.5 Å². The summed E-state index contributed by atoms with van der Waals surface area (Å²) in [6.07, 6.45) is 3.43. The monoisotopic (exact) mass is 546 g/mol. The molecule has 0 aliphatic carbocycles. The minimum Gasteiger partial charge on any atom is -0.379 e. The number of ether oxygens (including phenoxy) is 2. The zero-order valence-electron chi connectivity index (χ0n) is 19.3. The highest BCUT2D eigenvalue weighted by molar-refractivity contribution is 14.0. The molecule has 176 valence electrons. The van der Waals surface area contributed by atoms with Crippen molar-refractivity contribution in [2.75, 3.05) is 32.9 Å². The van der Waals surface area contributed by atoms with Crippen molar-refractivity contribution >= 4 is 35.8 Å². The van der Waals surface area contributed by atoms with Gasteiger partial charge in [-0.1, -0.05) is 12.1 Å². The van der Waals surface area contributed by atoms with Gasteiger partial charge in [0.2, 0.25) is 0 Å². The Morgan fingerprint density at radius 2 is 2.10 bits per heavy atom. The first-order valence-corrected chi connectivity index (χ1v) is 11.0. The van der Waals surface area contributed by atoms with Crippen molar-refractivity contribution in [2.24, 2.45) is 4.99 Å². The molecule has 0 spiro atoms. The smallest absolute Gasteiger partial charge is 0.251 e. The summed E-state index contributed by atoms with van der Waals surface area (Å²) in [4.78, 5) is 17.0. The lowest BCUT2D eigenvalue weighted by atomic mass is 10.1. The molecule has 1 heterocycles. The number of nitrogens with zero attached hydrogens (tertiary/aromatic N) is 1. The number of hydrogen-bond acceptors (Lipinski definition) is 4. The van der Waals surface area contributed by atoms with Crippen molar-refractivity contribution in [2.45, 2.75) is 65.1 Å². The van der Waals surface area contributed by atoms with Crippen LogP contribution in [-0.2, 0) is 16.0 Å². The summed E-state index contributed by atoms with van der Waals surface area (Å²) in [5.41, 5.74) is 1.38. The molecule has 0 radical (unpaired) electrons. The SMILES string of the molecule is CCNC(=NCc1cccc(C(=O)NC(C)(C)C)c1)NCCCOCC1CCCO1.I. The third-order valence-electron chi connectivity index (χ3n) is 4.53. The summed E-state index contributed by atoms with van der Waals surface area (Å²) < 4.78 is 11.3. The fourth-order valence-electron chi connectivity index (χ4n) is 3.11. The molecule has 2 rings (SSSR count). The van der Waals surface area contributed by atoms with E-state index in [9.17, 15) is 4.79 Å². The normalized spacial score (nSPS) is 16.5. The van der Waals surface area contributed by atoms with Gasteiger partial charge in [0, 0.05) is 37.4 Å². The van der Waals surface area contributed by atoms with E-state index in [0.29, 0.717) is 25.3 Å². The van der Waals surface area contributed by atoms with Gasteiger partial charge in [-0.05, 0) is 64.7 Å². The van der Waals surface area contributed by atoms with Crippen LogP contribution in [0.1, 0.15) is 62.9 Å². The van der Waals surface area contributed by atoms with Crippen LogP contribution in [0.2, 0.25) is 0 Å². The van der Waals surface area contributed by atoms with Crippen molar-refractivity contribution in [1.82, 2.24) is 16.0 Å². The molecule has 1 aromatic rings. The number of rotatable bonds is 10. The van der Waals surface area contributed by atoms with Crippen LogP contribution in [0.3, 0.4) is 0 Å². The van der Waals surface area contributed by atoms with Crippen molar-refractivity contribution in [3.05, 3.63) is 35.4 Å². The van der Waals surface area contributed by atoms with Crippen LogP contribution in [0.15, 0.2) is 29.3 Å². The molecule has 1 aliphatic heterocycles. The van der Waals surface area contributed by atoms with Gasteiger partial charge in [0.1, 0.15) is 0 Å². The Morgan fingerprint density at radius 3 is 2.77 bits per heavy atom. The molecule has 1 aromatic carbocycles. The van der Waals surface area contributed by atoms with E-state index in [1.807, 2.05) is 52.0 Å². The minimum absolute atomic E-state index is 0. The summed E-state index contributed by atoms with van der Waals surface area (Å²) in [5.74, 6) is 0.697. The molecule has 0 bridgehead atoms. The third kappa shape index (κ3) is 11.7. The van der Waals surface area contributed by atoms with Crippen LogP contribution in [0.25, 0.3) is 0 Å². The quantitative estimate of drug-likeness (QED) is 0.181. The Bertz CT molecular complexity index is 686. The first-order chi connectivity index (χ1) is 14.4. The number of nitrogens with one attached hydrogen (secondary N) is 3. The molecular formula is C23H39IN4O3. The molecule has 31 heavy (non-hydrogen) atoms. The molecule has 1 fully saturated rings. The molecule has 1 amide bonds. The highest BCUT2D eigenvalue weighted by atomic mass is 127. The summed E-state index contributed by atoms with van der Waals surface area (Å²) in [6, 6.07) is 7.61. The number of carbonyl (C=O) groups is 1. The van der Waals surface area contributed by atoms with Gasteiger partial charge in [-0.2, -0.15) is 0 Å². The van der Waals surface area contributed by atoms with Crippen LogP contribution in [0.4, 0.5) is 0 Å². The highest BCUT2D eigenvalue weighted by Crippen LogP contribution is 2.12. The predicted octanol–water partition coefficient (Wildman–Crippen LogP) is 3.47. The van der Waals surface area contributed by atoms with E-state index < -0.39 is 0 Å². The maximum atomic E-state index is 12.4. The number of hydrogen-bond donors (Lipinski definition) is 3. The van der Waals surface area contributed by atoms with Crippen molar-refractivity contribution in [1.29, 1.82) is 0 Å². The molecule has 3 N–H and O–H groups in total. The molecule has 8 heteroatoms. The lowest BCUT2D eigenvalue weighted by molar-refractivity contribution is 0.0168. The van der Waals surface area contributed by atoms with E-state index in [2.05, 4.69) is 20.9 Å². The predicted molar refractivity (Wildman–Crippen MR) is 136 cm³/mol. The van der Waals surface area contributed by atoms with Gasteiger partial charge < -0.3 is 25.4 Å². The Kier molecular flexibility index (Phi) is 13.0. The Hall–Kier alpha value is -1.39. The van der Waals surface area contributed by atoms with Crippen LogP contribution in [0.5, 0.6) is 0 Å². The van der Waals surface area contributed by atoms with Gasteiger partial charge in [-0.15, -0.1) is 24.0 Å². The van der Waals surface area contributed by atoms with E-state index in [1.165, 1.54) is 0 Å². The van der Waals surface area contributed by atoms with Crippen molar-refractivity contribution in [3.8, 4) is 0 Å². The van der Waals surface area contributed by atoms with Crippen molar-refractivity contribution < 1.29 is 14.3 Å². The van der Waals surface area contributed by atoms with E-state index in [1.54, 1.807) is 0 Å². The minimum atomic E-state index is -0.263. The second kappa shape index (κ2) is 14.6. The molecule has 0 aromatic heterocycles. The van der Waals surface area contributed by atoms with Gasteiger partial charge in [-0.3, -0.25) is 4.79 Å². The number of carbonyl (C=O) groups excluding carboxylic acids is 1. The molecular weight excluding hydrogens is 507 g/mol. The fourth-order valence-corrected chi connectivity index (χ4v) is 3.11. The lowest BCUT2D eigenvalue weighted by Crippen LogP contribution is -2.40. The van der Waals surface area contributed by atoms with Crippen LogP contribution in [-0.4, -0.2) is 56.4 Å². The second-order valence-electron chi connectivity index (χ2n) is 8.59. The molecule has 7 nitrogen and oxygen atoms in total. The fraction of sp³-hybridized carbons (Fsp3) is 0.652.